The van der Waals surface area contributed by atoms with Crippen molar-refractivity contribution in [2.24, 2.45) is 0 Å². The zero-order chi connectivity index (χ0) is 13.7. The molecule has 102 valence electrons. The molecule has 0 unspecified atom stereocenters. The smallest absolute Gasteiger partial charge is 0.328 e. The third-order valence-electron chi connectivity index (χ3n) is 3.83. The van der Waals surface area contributed by atoms with Crippen LogP contribution in [0.2, 0.25) is 0 Å². The number of hydrogen-bond donors (Lipinski definition) is 1. The fraction of sp³-hybridized carbons (Fsp3) is 0.438. The number of carbonyl (C=O) groups is 1. The van der Waals surface area contributed by atoms with E-state index in [2.05, 4.69) is 12.1 Å². The Morgan fingerprint density at radius 3 is 2.37 bits per heavy atom. The highest BCUT2D eigenvalue weighted by Gasteiger charge is 2.21. The Balaban J connectivity index is 1.97. The average Bonchev–Trinajstić information content (AvgIpc) is 2.46. The van der Waals surface area contributed by atoms with Crippen molar-refractivity contribution in [1.29, 1.82) is 0 Å². The van der Waals surface area contributed by atoms with Crippen LogP contribution in [0.3, 0.4) is 0 Å². The van der Waals surface area contributed by atoms with Crippen LogP contribution in [-0.2, 0) is 9.53 Å². The van der Waals surface area contributed by atoms with E-state index in [1.165, 1.54) is 24.5 Å². The van der Waals surface area contributed by atoms with E-state index in [-0.39, 0.29) is 0 Å². The number of aliphatic carboxylic acids is 1. The summed E-state index contributed by atoms with van der Waals surface area (Å²) in [5, 5.41) is 8.58. The molecule has 19 heavy (non-hydrogen) atoms. The van der Waals surface area contributed by atoms with Crippen molar-refractivity contribution in [3.8, 4) is 0 Å². The van der Waals surface area contributed by atoms with Gasteiger partial charge in [0, 0.05) is 13.2 Å². The summed E-state index contributed by atoms with van der Waals surface area (Å²) in [6.45, 7) is 0. The summed E-state index contributed by atoms with van der Waals surface area (Å²) in [7, 11) is 1.79. The molecule has 0 atom stereocenters. The zero-order valence-corrected chi connectivity index (χ0v) is 11.2. The van der Waals surface area contributed by atoms with E-state index in [0.717, 1.165) is 18.4 Å². The molecular weight excluding hydrogens is 240 g/mol. The number of ether oxygens (including phenoxy) is 1. The van der Waals surface area contributed by atoms with Gasteiger partial charge in [-0.05, 0) is 48.8 Å². The Labute approximate surface area is 113 Å². The molecule has 0 saturated heterocycles. The van der Waals surface area contributed by atoms with Crippen LogP contribution < -0.4 is 0 Å². The molecule has 0 heterocycles. The lowest BCUT2D eigenvalue weighted by molar-refractivity contribution is -0.131. The second-order valence-electron chi connectivity index (χ2n) is 5.05. The Kier molecular flexibility index (Phi) is 4.74. The Hall–Kier alpha value is -1.61. The molecule has 0 spiro atoms. The van der Waals surface area contributed by atoms with E-state index in [1.54, 1.807) is 13.2 Å². The molecule has 0 aliphatic heterocycles. The lowest BCUT2D eigenvalue weighted by Gasteiger charge is -2.27. The summed E-state index contributed by atoms with van der Waals surface area (Å²) in [6, 6.07) is 8.19. The molecule has 0 aromatic heterocycles. The lowest BCUT2D eigenvalue weighted by atomic mass is 9.82. The third kappa shape index (κ3) is 3.93. The molecule has 3 nitrogen and oxygen atoms in total. The Morgan fingerprint density at radius 1 is 1.21 bits per heavy atom. The fourth-order valence-corrected chi connectivity index (χ4v) is 2.68. The summed E-state index contributed by atoms with van der Waals surface area (Å²) in [5.41, 5.74) is 2.28. The van der Waals surface area contributed by atoms with Crippen molar-refractivity contribution in [2.45, 2.75) is 37.7 Å². The molecule has 1 aliphatic carbocycles. The standard InChI is InChI=1S/C16H20O3/c1-19-15-9-7-14(8-10-15)13-5-2-12(3-6-13)4-11-16(17)18/h2-6,11,14-15H,7-10H2,1H3,(H,17,18). The van der Waals surface area contributed by atoms with Gasteiger partial charge < -0.3 is 9.84 Å². The van der Waals surface area contributed by atoms with Crippen LogP contribution in [0.4, 0.5) is 0 Å². The number of methoxy groups -OCH3 is 1. The largest absolute Gasteiger partial charge is 0.478 e. The monoisotopic (exact) mass is 260 g/mol. The van der Waals surface area contributed by atoms with Crippen molar-refractivity contribution in [1.82, 2.24) is 0 Å². The maximum Gasteiger partial charge on any atom is 0.328 e. The first kappa shape index (κ1) is 13.8. The van der Waals surface area contributed by atoms with Crippen molar-refractivity contribution in [3.05, 3.63) is 41.5 Å². The topological polar surface area (TPSA) is 46.5 Å². The quantitative estimate of drug-likeness (QED) is 0.843. The van der Waals surface area contributed by atoms with Crippen LogP contribution in [0.1, 0.15) is 42.7 Å². The molecule has 1 N–H and O–H groups in total. The van der Waals surface area contributed by atoms with E-state index in [0.29, 0.717) is 12.0 Å². The van der Waals surface area contributed by atoms with E-state index < -0.39 is 5.97 Å². The van der Waals surface area contributed by atoms with Gasteiger partial charge in [0.2, 0.25) is 0 Å². The molecule has 0 bridgehead atoms. The van der Waals surface area contributed by atoms with Crippen LogP contribution in [0.5, 0.6) is 0 Å². The van der Waals surface area contributed by atoms with Gasteiger partial charge in [-0.15, -0.1) is 0 Å². The average molecular weight is 260 g/mol. The number of hydrogen-bond acceptors (Lipinski definition) is 2. The van der Waals surface area contributed by atoms with Gasteiger partial charge >= 0.3 is 5.97 Å². The van der Waals surface area contributed by atoms with Crippen LogP contribution in [0, 0.1) is 0 Å². The first-order valence-corrected chi connectivity index (χ1v) is 6.73. The van der Waals surface area contributed by atoms with Gasteiger partial charge in [-0.25, -0.2) is 4.79 Å². The maximum absolute atomic E-state index is 10.4. The highest BCUT2D eigenvalue weighted by molar-refractivity contribution is 5.85. The molecule has 1 fully saturated rings. The zero-order valence-electron chi connectivity index (χ0n) is 11.2. The highest BCUT2D eigenvalue weighted by Crippen LogP contribution is 2.33. The Bertz CT molecular complexity index is 440. The van der Waals surface area contributed by atoms with Gasteiger partial charge in [0.15, 0.2) is 0 Å². The maximum atomic E-state index is 10.4. The normalized spacial score (nSPS) is 23.6. The molecule has 0 amide bonds. The van der Waals surface area contributed by atoms with E-state index in [1.807, 2.05) is 12.1 Å². The summed E-state index contributed by atoms with van der Waals surface area (Å²) < 4.78 is 5.38. The SMILES string of the molecule is COC1CCC(c2ccc(C=CC(=O)O)cc2)CC1. The Morgan fingerprint density at radius 2 is 1.84 bits per heavy atom. The minimum Gasteiger partial charge on any atom is -0.478 e. The van der Waals surface area contributed by atoms with Crippen molar-refractivity contribution in [3.63, 3.8) is 0 Å². The first-order valence-electron chi connectivity index (χ1n) is 6.73. The molecule has 1 saturated carbocycles. The van der Waals surface area contributed by atoms with Gasteiger partial charge in [-0.1, -0.05) is 24.3 Å². The summed E-state index contributed by atoms with van der Waals surface area (Å²) in [4.78, 5) is 10.4. The predicted octanol–water partition coefficient (Wildman–Crippen LogP) is 3.46. The van der Waals surface area contributed by atoms with Crippen LogP contribution in [-0.4, -0.2) is 24.3 Å². The van der Waals surface area contributed by atoms with Crippen molar-refractivity contribution >= 4 is 12.0 Å². The molecular formula is C16H20O3. The van der Waals surface area contributed by atoms with Crippen LogP contribution in [0.15, 0.2) is 30.3 Å². The van der Waals surface area contributed by atoms with Gasteiger partial charge in [0.05, 0.1) is 6.10 Å². The minimum absolute atomic E-state index is 0.425. The lowest BCUT2D eigenvalue weighted by Crippen LogP contribution is -2.19. The van der Waals surface area contributed by atoms with Gasteiger partial charge in [0.1, 0.15) is 0 Å². The van der Waals surface area contributed by atoms with E-state index in [9.17, 15) is 4.79 Å². The van der Waals surface area contributed by atoms with Crippen molar-refractivity contribution in [2.75, 3.05) is 7.11 Å². The first-order chi connectivity index (χ1) is 9.19. The molecule has 1 aliphatic rings. The van der Waals surface area contributed by atoms with Crippen LogP contribution in [0.25, 0.3) is 6.08 Å². The second-order valence-corrected chi connectivity index (χ2v) is 5.05. The number of carboxylic acids is 1. The minimum atomic E-state index is -0.915. The molecule has 1 aromatic rings. The highest BCUT2D eigenvalue weighted by atomic mass is 16.5. The predicted molar refractivity (Wildman–Crippen MR) is 75.1 cm³/mol. The van der Waals surface area contributed by atoms with Gasteiger partial charge in [-0.3, -0.25) is 0 Å². The number of benzene rings is 1. The summed E-state index contributed by atoms with van der Waals surface area (Å²) in [6.07, 6.45) is 7.80. The summed E-state index contributed by atoms with van der Waals surface area (Å²) in [5.74, 6) is -0.300. The summed E-state index contributed by atoms with van der Waals surface area (Å²) >= 11 is 0. The second kappa shape index (κ2) is 6.53. The molecule has 3 heteroatoms. The number of rotatable bonds is 4. The molecule has 1 aromatic carbocycles. The molecule has 0 radical (unpaired) electrons. The third-order valence-corrected chi connectivity index (χ3v) is 3.83. The van der Waals surface area contributed by atoms with Crippen molar-refractivity contribution < 1.29 is 14.6 Å². The van der Waals surface area contributed by atoms with E-state index >= 15 is 0 Å². The van der Waals surface area contributed by atoms with Crippen LogP contribution >= 0.6 is 0 Å². The fourth-order valence-electron chi connectivity index (χ4n) is 2.68. The van der Waals surface area contributed by atoms with Gasteiger partial charge in [-0.2, -0.15) is 0 Å². The molecule has 2 rings (SSSR count). The van der Waals surface area contributed by atoms with Gasteiger partial charge in [0.25, 0.3) is 0 Å². The number of carboxylic acid groups (broad SMARTS) is 1. The van der Waals surface area contributed by atoms with E-state index in [4.69, 9.17) is 9.84 Å².